The Bertz CT molecular complexity index is 2520. The molecule has 5 aliphatic rings. The summed E-state index contributed by atoms with van der Waals surface area (Å²) in [6.07, 6.45) is 2.62. The summed E-state index contributed by atoms with van der Waals surface area (Å²) in [6, 6.07) is 18.1. The first-order chi connectivity index (χ1) is 31.7. The molecule has 5 fully saturated rings. The zero-order chi connectivity index (χ0) is 46.3. The molecule has 4 aliphatic heterocycles. The summed E-state index contributed by atoms with van der Waals surface area (Å²) < 4.78 is 66.0. The Morgan fingerprint density at radius 2 is 1.58 bits per heavy atom. The van der Waals surface area contributed by atoms with E-state index in [9.17, 15) is 28.5 Å². The van der Waals surface area contributed by atoms with Crippen LogP contribution >= 0.6 is 18.9 Å². The molecule has 4 amide bonds. The second-order valence-electron chi connectivity index (χ2n) is 18.3. The molecule has 1 aliphatic carbocycles. The number of amides is 4. The SMILES string of the molecule is CC(C)OC(=O)[C@H](Cc1ccccc1)NP(=O)(Oc1ccccc1)C(F)(F)c1ccc2sc(C(=O)N[C@H]3C[C@@H]4C[C@@H]4C[C@H]4CC[C@@H](C(=O)N5CC(C(=O)N6CCOCC6)C5)N4C3=O)cc2c1. The highest BCUT2D eigenvalue weighted by molar-refractivity contribution is 7.58. The normalized spacial score (nSPS) is 24.6. The van der Waals surface area contributed by atoms with Crippen molar-refractivity contribution in [3.8, 4) is 5.75 Å². The summed E-state index contributed by atoms with van der Waals surface area (Å²) in [7, 11) is -5.38. The van der Waals surface area contributed by atoms with Crippen molar-refractivity contribution in [3.05, 3.63) is 101 Å². The van der Waals surface area contributed by atoms with Crippen LogP contribution in [0.5, 0.6) is 5.75 Å². The highest BCUT2D eigenvalue weighted by Gasteiger charge is 2.57. The van der Waals surface area contributed by atoms with E-state index in [0.717, 1.165) is 36.3 Å². The van der Waals surface area contributed by atoms with Crippen LogP contribution in [0.1, 0.15) is 66.8 Å². The molecule has 9 rings (SSSR count). The van der Waals surface area contributed by atoms with Crippen molar-refractivity contribution in [1.82, 2.24) is 25.1 Å². The average molecular weight is 946 g/mol. The molecule has 4 saturated heterocycles. The number of halogens is 2. The second-order valence-corrected chi connectivity index (χ2v) is 21.5. The van der Waals surface area contributed by atoms with Gasteiger partial charge in [0.05, 0.1) is 30.1 Å². The molecule has 5 heterocycles. The lowest BCUT2D eigenvalue weighted by Crippen LogP contribution is -2.62. The summed E-state index contributed by atoms with van der Waals surface area (Å²) in [6.45, 7) is 5.91. The molecular formula is C48H54F2N5O9PS. The third kappa shape index (κ3) is 9.49. The predicted octanol–water partition coefficient (Wildman–Crippen LogP) is 6.58. The summed E-state index contributed by atoms with van der Waals surface area (Å²) >= 11 is 1.06. The molecule has 66 heavy (non-hydrogen) atoms. The smallest absolute Gasteiger partial charge is 0.390 e. The van der Waals surface area contributed by atoms with E-state index in [1.165, 1.54) is 24.3 Å². The van der Waals surface area contributed by atoms with Crippen molar-refractivity contribution in [2.24, 2.45) is 17.8 Å². The van der Waals surface area contributed by atoms with Gasteiger partial charge in [-0.05, 0) is 105 Å². The molecular weight excluding hydrogens is 892 g/mol. The molecule has 14 nitrogen and oxygen atoms in total. The summed E-state index contributed by atoms with van der Waals surface area (Å²) in [4.78, 5) is 74.3. The molecule has 2 N–H and O–H groups in total. The number of ether oxygens (including phenoxy) is 2. The maximum Gasteiger partial charge on any atom is 0.390 e. The number of carbonyl (C=O) groups excluding carboxylic acids is 5. The van der Waals surface area contributed by atoms with Gasteiger partial charge in [-0.25, -0.2) is 5.09 Å². The van der Waals surface area contributed by atoms with E-state index in [2.05, 4.69) is 10.4 Å². The lowest BCUT2D eigenvalue weighted by atomic mass is 9.96. The zero-order valence-corrected chi connectivity index (χ0v) is 38.5. The first-order valence-corrected chi connectivity index (χ1v) is 25.2. The molecule has 1 aromatic heterocycles. The Morgan fingerprint density at radius 1 is 0.879 bits per heavy atom. The third-order valence-electron chi connectivity index (χ3n) is 13.4. The lowest BCUT2D eigenvalue weighted by Gasteiger charge is -2.44. The van der Waals surface area contributed by atoms with Crippen molar-refractivity contribution >= 4 is 58.5 Å². The van der Waals surface area contributed by atoms with Crippen LogP contribution < -0.4 is 14.9 Å². The van der Waals surface area contributed by atoms with E-state index >= 15 is 8.78 Å². The number of nitrogens with one attached hydrogen (secondary N) is 2. The Morgan fingerprint density at radius 3 is 2.29 bits per heavy atom. The molecule has 18 heteroatoms. The Balaban J connectivity index is 0.928. The molecule has 1 unspecified atom stereocenters. The van der Waals surface area contributed by atoms with Gasteiger partial charge >= 0.3 is 19.2 Å². The van der Waals surface area contributed by atoms with Crippen molar-refractivity contribution in [1.29, 1.82) is 0 Å². The lowest BCUT2D eigenvalue weighted by molar-refractivity contribution is -0.157. The van der Waals surface area contributed by atoms with E-state index in [1.54, 1.807) is 77.1 Å². The number of benzene rings is 3. The molecule has 7 atom stereocenters. The van der Waals surface area contributed by atoms with E-state index < -0.39 is 54.9 Å². The number of hydrogen-bond acceptors (Lipinski definition) is 10. The number of alkyl halides is 2. The van der Waals surface area contributed by atoms with Gasteiger partial charge in [-0.3, -0.25) is 28.5 Å². The minimum Gasteiger partial charge on any atom is -0.462 e. The van der Waals surface area contributed by atoms with Crippen molar-refractivity contribution < 1.29 is 51.3 Å². The van der Waals surface area contributed by atoms with Crippen molar-refractivity contribution in [3.63, 3.8) is 0 Å². The Labute approximate surface area is 385 Å². The summed E-state index contributed by atoms with van der Waals surface area (Å²) in [5.41, 5.74) is -4.27. The van der Waals surface area contributed by atoms with Crippen molar-refractivity contribution in [2.45, 2.75) is 88.3 Å². The van der Waals surface area contributed by atoms with Gasteiger partial charge in [0.2, 0.25) is 17.7 Å². The van der Waals surface area contributed by atoms with Gasteiger partial charge in [0, 0.05) is 42.5 Å². The minimum absolute atomic E-state index is 0.0187. The monoisotopic (exact) mass is 945 g/mol. The van der Waals surface area contributed by atoms with Gasteiger partial charge in [0.15, 0.2) is 0 Å². The van der Waals surface area contributed by atoms with Crippen LogP contribution in [0.15, 0.2) is 84.9 Å². The van der Waals surface area contributed by atoms with Crippen LogP contribution in [0.4, 0.5) is 8.78 Å². The first kappa shape index (κ1) is 45.9. The Hall–Kier alpha value is -5.22. The number of morpholine rings is 1. The van der Waals surface area contributed by atoms with E-state index in [-0.39, 0.29) is 58.0 Å². The van der Waals surface area contributed by atoms with Gasteiger partial charge in [-0.15, -0.1) is 11.3 Å². The van der Waals surface area contributed by atoms with Gasteiger partial charge in [0.25, 0.3) is 5.91 Å². The quantitative estimate of drug-likeness (QED) is 0.104. The maximum atomic E-state index is 17.1. The van der Waals surface area contributed by atoms with Gasteiger partial charge < -0.3 is 34.0 Å². The largest absolute Gasteiger partial charge is 0.462 e. The number of nitrogens with zero attached hydrogens (tertiary/aromatic N) is 3. The number of esters is 1. The maximum absolute atomic E-state index is 17.1. The fourth-order valence-corrected chi connectivity index (χ4v) is 12.6. The predicted molar refractivity (Wildman–Crippen MR) is 242 cm³/mol. The minimum atomic E-state index is -5.38. The van der Waals surface area contributed by atoms with Gasteiger partial charge in [-0.1, -0.05) is 54.6 Å². The number of carbonyl (C=O) groups is 5. The third-order valence-corrected chi connectivity index (χ3v) is 16.6. The number of thiophene rings is 1. The summed E-state index contributed by atoms with van der Waals surface area (Å²) in [5, 5.41) is 5.65. The second kappa shape index (κ2) is 18.8. The number of para-hydroxylation sites is 1. The molecule has 4 aromatic rings. The van der Waals surface area contributed by atoms with Gasteiger partial charge in [-0.2, -0.15) is 8.78 Å². The molecule has 3 aromatic carbocycles. The highest BCUT2D eigenvalue weighted by Crippen LogP contribution is 2.63. The van der Waals surface area contributed by atoms with Crippen LogP contribution in [-0.4, -0.2) is 114 Å². The number of likely N-dealkylation sites (tertiary alicyclic amines) is 1. The Kier molecular flexibility index (Phi) is 13.1. The van der Waals surface area contributed by atoms with Crippen LogP contribution in [0.25, 0.3) is 10.1 Å². The molecule has 0 radical (unpaired) electrons. The summed E-state index contributed by atoms with van der Waals surface area (Å²) in [5.74, 6) is -1.66. The topological polar surface area (TPSA) is 164 Å². The first-order valence-electron chi connectivity index (χ1n) is 22.7. The molecule has 0 bridgehead atoms. The standard InChI is InChI=1S/C48H54F2N5O9PS/c1-29(2)63-47(60)39(21-30-9-5-3-6-10-30)52-65(61,64-37-11-7-4-8-12-37)48(49,50)35-13-16-41-33(23-35)26-42(66-41)43(56)51-38-25-32-22-31(32)24-36-14-15-40(55(36)45(38)58)46(59)54-27-34(28-54)44(57)53-17-19-62-20-18-53/h3-13,16,23,26,29,31-32,34,36,38-40H,14-15,17-22,24-25,27-28H2,1-2H3,(H,51,56)(H,52,61)/t31-,32+,36-,38+,39+,40+,65?/m1/s1. The molecule has 0 spiro atoms. The van der Waals surface area contributed by atoms with Crippen LogP contribution in [-0.2, 0) is 45.3 Å². The highest BCUT2D eigenvalue weighted by atomic mass is 32.1. The molecule has 350 valence electrons. The van der Waals surface area contributed by atoms with E-state index in [0.29, 0.717) is 74.8 Å². The fourth-order valence-electron chi connectivity index (χ4n) is 9.79. The van der Waals surface area contributed by atoms with E-state index in [4.69, 9.17) is 14.0 Å². The number of fused-ring (bicyclic) bond motifs is 3. The molecule has 1 saturated carbocycles. The van der Waals surface area contributed by atoms with Crippen LogP contribution in [0.2, 0.25) is 0 Å². The zero-order valence-electron chi connectivity index (χ0n) is 36.8. The van der Waals surface area contributed by atoms with Crippen molar-refractivity contribution in [2.75, 3.05) is 39.4 Å². The number of hydrogen-bond donors (Lipinski definition) is 2. The van der Waals surface area contributed by atoms with E-state index in [1.807, 2.05) is 0 Å². The van der Waals surface area contributed by atoms with Gasteiger partial charge in [0.1, 0.15) is 23.9 Å². The average Bonchev–Trinajstić information content (AvgIpc) is 3.63. The fraction of sp³-hybridized carbons (Fsp3) is 0.479. The number of rotatable bonds is 14. The van der Waals surface area contributed by atoms with Crippen LogP contribution in [0.3, 0.4) is 0 Å². The van der Waals surface area contributed by atoms with Crippen LogP contribution in [0, 0.1) is 17.8 Å².